The van der Waals surface area contributed by atoms with Gasteiger partial charge in [0.2, 0.25) is 5.91 Å². The summed E-state index contributed by atoms with van der Waals surface area (Å²) in [5, 5.41) is 11.5. The monoisotopic (exact) mass is 459 g/mol. The smallest absolute Gasteiger partial charge is 0.341 e. The maximum Gasteiger partial charge on any atom is 0.341 e. The zero-order chi connectivity index (χ0) is 23.5. The number of carbonyl (C=O) groups excluding carboxylic acids is 2. The Labute approximate surface area is 195 Å². The van der Waals surface area contributed by atoms with E-state index in [1.807, 2.05) is 30.3 Å². The minimum absolute atomic E-state index is 0.121. The van der Waals surface area contributed by atoms with E-state index in [4.69, 9.17) is 4.74 Å². The van der Waals surface area contributed by atoms with Gasteiger partial charge in [0, 0.05) is 44.0 Å². The Morgan fingerprint density at radius 2 is 1.85 bits per heavy atom. The molecule has 1 saturated heterocycles. The molecule has 1 aliphatic heterocycles. The van der Waals surface area contributed by atoms with Crippen LogP contribution in [0, 0.1) is 0 Å². The Balaban J connectivity index is 1.28. The number of rotatable bonds is 6. The van der Waals surface area contributed by atoms with Gasteiger partial charge in [0.15, 0.2) is 5.65 Å². The quantitative estimate of drug-likeness (QED) is 0.423. The topological polar surface area (TPSA) is 116 Å². The standard InChI is InChI=1S/C24H25N7O3/c1-2-34-24(33)18-14-26-19-8-4-3-6-16(19)21(18)31-12-10-30(11-13-31)15-20(32)27-23-17-7-5-9-25-22(17)28-29-23/h3-9,14H,2,10-13,15H2,1H3,(H2,25,27,28,29,32). The van der Waals surface area contributed by atoms with Crippen molar-refractivity contribution in [1.82, 2.24) is 25.1 Å². The van der Waals surface area contributed by atoms with Crippen LogP contribution in [0.4, 0.5) is 11.5 Å². The molecule has 0 unspecified atom stereocenters. The van der Waals surface area contributed by atoms with E-state index in [0.29, 0.717) is 49.8 Å². The molecule has 34 heavy (non-hydrogen) atoms. The van der Waals surface area contributed by atoms with E-state index in [9.17, 15) is 9.59 Å². The van der Waals surface area contributed by atoms with Crippen molar-refractivity contribution in [3.8, 4) is 0 Å². The molecule has 1 aromatic carbocycles. The lowest BCUT2D eigenvalue weighted by molar-refractivity contribution is -0.117. The highest BCUT2D eigenvalue weighted by Gasteiger charge is 2.26. The minimum atomic E-state index is -0.376. The number of aromatic amines is 1. The average Bonchev–Trinajstić information content (AvgIpc) is 3.26. The van der Waals surface area contributed by atoms with Gasteiger partial charge < -0.3 is 15.0 Å². The first-order chi connectivity index (χ1) is 16.6. The van der Waals surface area contributed by atoms with Crippen molar-refractivity contribution in [3.63, 3.8) is 0 Å². The van der Waals surface area contributed by atoms with Crippen LogP contribution in [0.5, 0.6) is 0 Å². The van der Waals surface area contributed by atoms with E-state index in [0.717, 1.165) is 22.0 Å². The number of nitrogens with one attached hydrogen (secondary N) is 2. The van der Waals surface area contributed by atoms with Gasteiger partial charge in [-0.3, -0.25) is 19.8 Å². The zero-order valence-electron chi connectivity index (χ0n) is 18.8. The number of para-hydroxylation sites is 1. The molecule has 4 heterocycles. The lowest BCUT2D eigenvalue weighted by Gasteiger charge is -2.36. The summed E-state index contributed by atoms with van der Waals surface area (Å²) < 4.78 is 5.28. The van der Waals surface area contributed by atoms with Crippen LogP contribution in [0.1, 0.15) is 17.3 Å². The zero-order valence-corrected chi connectivity index (χ0v) is 18.8. The molecular weight excluding hydrogens is 434 g/mol. The molecule has 5 rings (SSSR count). The summed E-state index contributed by atoms with van der Waals surface area (Å²) in [6.45, 7) is 5.05. The molecular formula is C24H25N7O3. The number of fused-ring (bicyclic) bond motifs is 2. The number of piperazine rings is 1. The summed E-state index contributed by atoms with van der Waals surface area (Å²) in [7, 11) is 0. The van der Waals surface area contributed by atoms with Gasteiger partial charge in [-0.25, -0.2) is 9.78 Å². The summed E-state index contributed by atoms with van der Waals surface area (Å²) in [6.07, 6.45) is 3.26. The van der Waals surface area contributed by atoms with Crippen molar-refractivity contribution in [3.05, 3.63) is 54.4 Å². The number of aromatic nitrogens is 4. The first-order valence-corrected chi connectivity index (χ1v) is 11.2. The molecule has 2 N–H and O–H groups in total. The van der Waals surface area contributed by atoms with Crippen molar-refractivity contribution < 1.29 is 14.3 Å². The van der Waals surface area contributed by atoms with E-state index in [1.165, 1.54) is 0 Å². The lowest BCUT2D eigenvalue weighted by atomic mass is 10.1. The van der Waals surface area contributed by atoms with E-state index in [1.54, 1.807) is 25.4 Å². The van der Waals surface area contributed by atoms with Crippen LogP contribution in [-0.4, -0.2) is 76.3 Å². The summed E-state index contributed by atoms with van der Waals surface area (Å²) in [5.41, 5.74) is 2.69. The van der Waals surface area contributed by atoms with E-state index < -0.39 is 0 Å². The summed E-state index contributed by atoms with van der Waals surface area (Å²) in [5.74, 6) is 0.0531. The van der Waals surface area contributed by atoms with E-state index in [2.05, 4.69) is 35.3 Å². The van der Waals surface area contributed by atoms with Crippen molar-refractivity contribution in [1.29, 1.82) is 0 Å². The Kier molecular flexibility index (Phi) is 6.05. The SMILES string of the molecule is CCOC(=O)c1cnc2ccccc2c1N1CCN(CC(=O)Nc2[nH]nc3ncccc23)CC1. The molecule has 1 aliphatic rings. The van der Waals surface area contributed by atoms with Gasteiger partial charge in [0.1, 0.15) is 11.4 Å². The number of anilines is 2. The fourth-order valence-corrected chi connectivity index (χ4v) is 4.28. The molecule has 0 bridgehead atoms. The second kappa shape index (κ2) is 9.44. The molecule has 1 fully saturated rings. The Morgan fingerprint density at radius 1 is 1.06 bits per heavy atom. The lowest BCUT2D eigenvalue weighted by Crippen LogP contribution is -2.49. The number of H-pyrrole nitrogens is 1. The fourth-order valence-electron chi connectivity index (χ4n) is 4.28. The average molecular weight is 460 g/mol. The number of nitrogens with zero attached hydrogens (tertiary/aromatic N) is 5. The highest BCUT2D eigenvalue weighted by molar-refractivity contribution is 6.05. The van der Waals surface area contributed by atoms with Crippen LogP contribution in [0.15, 0.2) is 48.8 Å². The first kappa shape index (κ1) is 21.8. The van der Waals surface area contributed by atoms with Crippen LogP contribution in [-0.2, 0) is 9.53 Å². The summed E-state index contributed by atoms with van der Waals surface area (Å²) in [4.78, 5) is 38.2. The Morgan fingerprint density at radius 3 is 2.68 bits per heavy atom. The highest BCUT2D eigenvalue weighted by Crippen LogP contribution is 2.31. The van der Waals surface area contributed by atoms with Gasteiger partial charge in [-0.1, -0.05) is 18.2 Å². The third kappa shape index (κ3) is 4.27. The van der Waals surface area contributed by atoms with Crippen LogP contribution >= 0.6 is 0 Å². The largest absolute Gasteiger partial charge is 0.462 e. The predicted molar refractivity (Wildman–Crippen MR) is 129 cm³/mol. The van der Waals surface area contributed by atoms with Crippen LogP contribution in [0.3, 0.4) is 0 Å². The molecule has 1 amide bonds. The second-order valence-electron chi connectivity index (χ2n) is 8.04. The van der Waals surface area contributed by atoms with Crippen molar-refractivity contribution in [2.24, 2.45) is 0 Å². The number of hydrogen-bond donors (Lipinski definition) is 2. The number of hydrogen-bond acceptors (Lipinski definition) is 8. The maximum absolute atomic E-state index is 12.7. The molecule has 0 aliphatic carbocycles. The molecule has 4 aromatic rings. The number of carbonyl (C=O) groups is 2. The molecule has 3 aromatic heterocycles. The minimum Gasteiger partial charge on any atom is -0.462 e. The second-order valence-corrected chi connectivity index (χ2v) is 8.04. The molecule has 10 nitrogen and oxygen atoms in total. The number of ether oxygens (including phenoxy) is 1. The van der Waals surface area contributed by atoms with Gasteiger partial charge in [0.05, 0.1) is 29.7 Å². The van der Waals surface area contributed by atoms with Gasteiger partial charge in [-0.15, -0.1) is 0 Å². The summed E-state index contributed by atoms with van der Waals surface area (Å²) in [6, 6.07) is 11.4. The van der Waals surface area contributed by atoms with E-state index >= 15 is 0 Å². The molecule has 0 radical (unpaired) electrons. The van der Waals surface area contributed by atoms with Crippen molar-refractivity contribution >= 4 is 45.3 Å². The Bertz CT molecular complexity index is 1340. The van der Waals surface area contributed by atoms with Crippen LogP contribution in [0.2, 0.25) is 0 Å². The number of esters is 1. The third-order valence-electron chi connectivity index (χ3n) is 5.89. The fraction of sp³-hybridized carbons (Fsp3) is 0.292. The van der Waals surface area contributed by atoms with Gasteiger partial charge in [-0.05, 0) is 25.1 Å². The number of benzene rings is 1. The van der Waals surface area contributed by atoms with Crippen molar-refractivity contribution in [2.45, 2.75) is 6.92 Å². The predicted octanol–water partition coefficient (Wildman–Crippen LogP) is 2.44. The highest BCUT2D eigenvalue weighted by atomic mass is 16.5. The molecule has 10 heteroatoms. The van der Waals surface area contributed by atoms with Crippen LogP contribution < -0.4 is 10.2 Å². The van der Waals surface area contributed by atoms with Crippen molar-refractivity contribution in [2.75, 3.05) is 49.5 Å². The molecule has 0 atom stereocenters. The van der Waals surface area contributed by atoms with Gasteiger partial charge in [0.25, 0.3) is 0 Å². The molecule has 174 valence electrons. The third-order valence-corrected chi connectivity index (χ3v) is 5.89. The summed E-state index contributed by atoms with van der Waals surface area (Å²) >= 11 is 0. The van der Waals surface area contributed by atoms with Gasteiger partial charge in [-0.2, -0.15) is 5.10 Å². The van der Waals surface area contributed by atoms with E-state index in [-0.39, 0.29) is 18.4 Å². The maximum atomic E-state index is 12.7. The number of amides is 1. The number of pyridine rings is 2. The van der Waals surface area contributed by atoms with Gasteiger partial charge >= 0.3 is 5.97 Å². The normalized spacial score (nSPS) is 14.4. The molecule has 0 spiro atoms. The Hall–Kier alpha value is -4.05. The molecule has 0 saturated carbocycles. The first-order valence-electron chi connectivity index (χ1n) is 11.2. The van der Waals surface area contributed by atoms with Crippen LogP contribution in [0.25, 0.3) is 21.9 Å².